The van der Waals surface area contributed by atoms with Crippen molar-refractivity contribution in [1.82, 2.24) is 0 Å². The fourth-order valence-electron chi connectivity index (χ4n) is 5.27. The maximum atomic E-state index is 7.06. The molecule has 0 radical (unpaired) electrons. The topological polar surface area (TPSA) is 18.5 Å². The van der Waals surface area contributed by atoms with E-state index < -0.39 is 5.60 Å². The Balaban J connectivity index is 1.47. The zero-order valence-electron chi connectivity index (χ0n) is 20.1. The molecule has 1 atom stereocenters. The largest absolute Gasteiger partial charge is 0.489 e. The molecule has 2 heteroatoms. The Hall–Kier alpha value is -4.30. The molecular weight excluding hydrogens is 440 g/mol. The first kappa shape index (κ1) is 22.2. The maximum Gasteiger partial charge on any atom is 0.160 e. The molecule has 0 N–H and O–H groups in total. The van der Waals surface area contributed by atoms with Crippen LogP contribution < -0.4 is 9.47 Å². The van der Waals surface area contributed by atoms with E-state index in [0.717, 1.165) is 34.6 Å². The molecule has 36 heavy (non-hydrogen) atoms. The Kier molecular flexibility index (Phi) is 6.01. The van der Waals surface area contributed by atoms with Crippen LogP contribution in [0.1, 0.15) is 40.2 Å². The van der Waals surface area contributed by atoms with Crippen LogP contribution in [0.15, 0.2) is 140 Å². The highest BCUT2D eigenvalue weighted by Crippen LogP contribution is 2.52. The molecule has 6 rings (SSSR count). The number of hydrogen-bond acceptors (Lipinski definition) is 2. The average Bonchev–Trinajstić information content (AvgIpc) is 2.97. The first-order valence-electron chi connectivity index (χ1n) is 12.5. The van der Waals surface area contributed by atoms with Crippen molar-refractivity contribution in [2.75, 3.05) is 0 Å². The van der Waals surface area contributed by atoms with Crippen LogP contribution in [0.25, 0.3) is 0 Å². The Labute approximate surface area is 212 Å². The van der Waals surface area contributed by atoms with Crippen LogP contribution in [-0.4, -0.2) is 0 Å². The number of fused-ring (bicyclic) bond motifs is 1. The predicted octanol–water partition coefficient (Wildman–Crippen LogP) is 8.12. The third-order valence-electron chi connectivity index (χ3n) is 7.07. The van der Waals surface area contributed by atoms with E-state index in [4.69, 9.17) is 9.47 Å². The SMILES string of the molecule is c1ccc(COc2ccc3c(c2)OC(c2ccccc2)(c2ccccc2)CC3c2ccccc2)cc1. The summed E-state index contributed by atoms with van der Waals surface area (Å²) >= 11 is 0. The van der Waals surface area contributed by atoms with Crippen molar-refractivity contribution in [1.29, 1.82) is 0 Å². The van der Waals surface area contributed by atoms with Crippen molar-refractivity contribution in [3.05, 3.63) is 167 Å². The van der Waals surface area contributed by atoms with Gasteiger partial charge in [0.05, 0.1) is 0 Å². The molecule has 5 aromatic carbocycles. The lowest BCUT2D eigenvalue weighted by molar-refractivity contribution is 0.0771. The third-order valence-corrected chi connectivity index (χ3v) is 7.07. The van der Waals surface area contributed by atoms with Gasteiger partial charge < -0.3 is 9.47 Å². The van der Waals surface area contributed by atoms with Crippen LogP contribution in [0.4, 0.5) is 0 Å². The summed E-state index contributed by atoms with van der Waals surface area (Å²) in [5.41, 5.74) is 5.30. The molecule has 176 valence electrons. The Morgan fingerprint density at radius 1 is 0.639 bits per heavy atom. The molecule has 1 aliphatic heterocycles. The van der Waals surface area contributed by atoms with E-state index in [-0.39, 0.29) is 5.92 Å². The summed E-state index contributed by atoms with van der Waals surface area (Å²) in [4.78, 5) is 0. The van der Waals surface area contributed by atoms with Crippen molar-refractivity contribution < 1.29 is 9.47 Å². The van der Waals surface area contributed by atoms with Crippen molar-refractivity contribution in [3.63, 3.8) is 0 Å². The standard InChI is InChI=1S/C34H28O2/c1-5-13-26(14-6-1)25-35-30-21-22-31-32(27-15-7-2-8-16-27)24-34(36-33(31)23-30,28-17-9-3-10-18-28)29-19-11-4-12-20-29/h1-23,32H,24-25H2. The van der Waals surface area contributed by atoms with E-state index in [2.05, 4.69) is 121 Å². The molecule has 0 bridgehead atoms. The van der Waals surface area contributed by atoms with Gasteiger partial charge in [0, 0.05) is 24.0 Å². The summed E-state index contributed by atoms with van der Waals surface area (Å²) in [6.07, 6.45) is 0.808. The molecule has 0 aromatic heterocycles. The van der Waals surface area contributed by atoms with E-state index >= 15 is 0 Å². The second kappa shape index (κ2) is 9.75. The molecule has 2 nitrogen and oxygen atoms in total. The average molecular weight is 469 g/mol. The Bertz CT molecular complexity index is 1370. The zero-order valence-corrected chi connectivity index (χ0v) is 20.1. The number of hydrogen-bond donors (Lipinski definition) is 0. The van der Waals surface area contributed by atoms with Gasteiger partial charge in [-0.25, -0.2) is 0 Å². The van der Waals surface area contributed by atoms with Crippen molar-refractivity contribution in [2.24, 2.45) is 0 Å². The van der Waals surface area contributed by atoms with Gasteiger partial charge in [0.15, 0.2) is 5.60 Å². The Morgan fingerprint density at radius 3 is 1.81 bits per heavy atom. The molecule has 1 aliphatic rings. The van der Waals surface area contributed by atoms with Gasteiger partial charge in [-0.2, -0.15) is 0 Å². The fourth-order valence-corrected chi connectivity index (χ4v) is 5.27. The van der Waals surface area contributed by atoms with Gasteiger partial charge in [0.1, 0.15) is 18.1 Å². The molecule has 1 unspecified atom stereocenters. The lowest BCUT2D eigenvalue weighted by atomic mass is 9.72. The Morgan fingerprint density at radius 2 is 1.19 bits per heavy atom. The molecule has 5 aromatic rings. The van der Waals surface area contributed by atoms with Crippen LogP contribution in [0, 0.1) is 0 Å². The van der Waals surface area contributed by atoms with Crippen molar-refractivity contribution >= 4 is 0 Å². The number of benzene rings is 5. The summed E-state index contributed by atoms with van der Waals surface area (Å²) in [7, 11) is 0. The van der Waals surface area contributed by atoms with Crippen LogP contribution >= 0.6 is 0 Å². The molecule has 0 aliphatic carbocycles. The summed E-state index contributed by atoms with van der Waals surface area (Å²) in [6.45, 7) is 0.518. The second-order valence-corrected chi connectivity index (χ2v) is 9.30. The number of rotatable bonds is 6. The highest BCUT2D eigenvalue weighted by atomic mass is 16.5. The van der Waals surface area contributed by atoms with Gasteiger partial charge in [-0.15, -0.1) is 0 Å². The monoisotopic (exact) mass is 468 g/mol. The minimum atomic E-state index is -0.617. The molecule has 0 fully saturated rings. The third kappa shape index (κ3) is 4.27. The minimum Gasteiger partial charge on any atom is -0.489 e. The maximum absolute atomic E-state index is 7.06. The van der Waals surface area contributed by atoms with E-state index in [1.807, 2.05) is 18.2 Å². The van der Waals surface area contributed by atoms with Crippen LogP contribution in [0.2, 0.25) is 0 Å². The van der Waals surface area contributed by atoms with Gasteiger partial charge in [-0.3, -0.25) is 0 Å². The van der Waals surface area contributed by atoms with E-state index in [1.54, 1.807) is 0 Å². The van der Waals surface area contributed by atoms with Gasteiger partial charge in [-0.05, 0) is 28.3 Å². The number of ether oxygens (including phenoxy) is 2. The van der Waals surface area contributed by atoms with Gasteiger partial charge in [-0.1, -0.05) is 127 Å². The van der Waals surface area contributed by atoms with Gasteiger partial charge in [0.2, 0.25) is 0 Å². The lowest BCUT2D eigenvalue weighted by Crippen LogP contribution is -2.40. The predicted molar refractivity (Wildman–Crippen MR) is 144 cm³/mol. The summed E-state index contributed by atoms with van der Waals surface area (Å²) in [5, 5.41) is 0. The summed E-state index contributed by atoms with van der Waals surface area (Å²) in [5.74, 6) is 1.85. The lowest BCUT2D eigenvalue weighted by Gasteiger charge is -2.43. The second-order valence-electron chi connectivity index (χ2n) is 9.30. The molecule has 0 saturated carbocycles. The highest BCUT2D eigenvalue weighted by Gasteiger charge is 2.44. The minimum absolute atomic E-state index is 0.179. The van der Waals surface area contributed by atoms with Gasteiger partial charge in [0.25, 0.3) is 0 Å². The van der Waals surface area contributed by atoms with Crippen LogP contribution in [-0.2, 0) is 12.2 Å². The van der Waals surface area contributed by atoms with Crippen molar-refractivity contribution in [3.8, 4) is 11.5 Å². The highest BCUT2D eigenvalue weighted by molar-refractivity contribution is 5.52. The van der Waals surface area contributed by atoms with Crippen molar-refractivity contribution in [2.45, 2.75) is 24.5 Å². The smallest absolute Gasteiger partial charge is 0.160 e. The van der Waals surface area contributed by atoms with E-state index in [9.17, 15) is 0 Å². The zero-order chi connectivity index (χ0) is 24.2. The normalized spacial score (nSPS) is 15.9. The first-order valence-corrected chi connectivity index (χ1v) is 12.5. The molecule has 0 saturated heterocycles. The van der Waals surface area contributed by atoms with E-state index in [1.165, 1.54) is 11.1 Å². The fraction of sp³-hybridized carbons (Fsp3) is 0.118. The van der Waals surface area contributed by atoms with Crippen LogP contribution in [0.3, 0.4) is 0 Å². The first-order chi connectivity index (χ1) is 17.8. The van der Waals surface area contributed by atoms with Gasteiger partial charge >= 0.3 is 0 Å². The molecule has 0 spiro atoms. The quantitative estimate of drug-likeness (QED) is 0.250. The van der Waals surface area contributed by atoms with Crippen LogP contribution in [0.5, 0.6) is 11.5 Å². The molecule has 1 heterocycles. The summed E-state index contributed by atoms with van der Waals surface area (Å²) in [6, 6.07) is 48.5. The molecular formula is C34H28O2. The van der Waals surface area contributed by atoms with E-state index in [0.29, 0.717) is 6.61 Å². The molecule has 0 amide bonds. The summed E-state index contributed by atoms with van der Waals surface area (Å²) < 4.78 is 13.3.